The van der Waals surface area contributed by atoms with Crippen molar-refractivity contribution in [1.82, 2.24) is 0 Å². The lowest BCUT2D eigenvalue weighted by Crippen LogP contribution is -2.10. The number of aryl methyl sites for hydroxylation is 1. The molecular formula is C16H12N2OS. The Kier molecular flexibility index (Phi) is 2.35. The van der Waals surface area contributed by atoms with Gasteiger partial charge >= 0.3 is 0 Å². The molecule has 0 bridgehead atoms. The van der Waals surface area contributed by atoms with E-state index in [9.17, 15) is 4.79 Å². The Balaban J connectivity index is 1.97. The maximum atomic E-state index is 12.5. The van der Waals surface area contributed by atoms with Gasteiger partial charge in [0.05, 0.1) is 16.9 Å². The van der Waals surface area contributed by atoms with Gasteiger partial charge in [-0.15, -0.1) is 11.3 Å². The van der Waals surface area contributed by atoms with Crippen LogP contribution in [0.2, 0.25) is 0 Å². The largest absolute Gasteiger partial charge is 0.345 e. The van der Waals surface area contributed by atoms with Crippen LogP contribution in [-0.2, 0) is 0 Å². The Morgan fingerprint density at radius 2 is 1.85 bits per heavy atom. The predicted molar refractivity (Wildman–Crippen MR) is 84.2 cm³/mol. The molecule has 0 fully saturated rings. The third kappa shape index (κ3) is 1.62. The van der Waals surface area contributed by atoms with Crippen LogP contribution >= 0.6 is 11.3 Å². The zero-order chi connectivity index (χ0) is 13.7. The molecule has 2 aromatic carbocycles. The van der Waals surface area contributed by atoms with Crippen molar-refractivity contribution in [1.29, 1.82) is 0 Å². The van der Waals surface area contributed by atoms with Crippen LogP contribution < -0.4 is 10.6 Å². The first-order chi connectivity index (χ1) is 9.72. The summed E-state index contributed by atoms with van der Waals surface area (Å²) in [5.41, 5.74) is 3.64. The topological polar surface area (TPSA) is 41.1 Å². The number of hydrogen-bond donors (Lipinski definition) is 2. The highest BCUT2D eigenvalue weighted by atomic mass is 32.1. The fraction of sp³-hybridized carbons (Fsp3) is 0.0625. The van der Waals surface area contributed by atoms with E-state index in [0.717, 1.165) is 37.6 Å². The number of carbonyl (C=O) groups is 1. The zero-order valence-electron chi connectivity index (χ0n) is 10.9. The van der Waals surface area contributed by atoms with Crippen molar-refractivity contribution in [3.05, 3.63) is 53.6 Å². The van der Waals surface area contributed by atoms with Crippen LogP contribution in [0.15, 0.2) is 42.5 Å². The van der Waals surface area contributed by atoms with Crippen molar-refractivity contribution in [3.8, 4) is 0 Å². The molecule has 4 rings (SSSR count). The number of rotatable bonds is 0. The standard InChI is InChI=1S/C16H12N2OS/c1-9-6-7-11-12(8-9)17-15(19)14-10-4-2-3-5-13(10)20-16(14)18-11/h2-8,18H,1H3,(H,17,19). The van der Waals surface area contributed by atoms with Gasteiger partial charge in [0, 0.05) is 10.1 Å². The number of thiophene rings is 1. The van der Waals surface area contributed by atoms with Crippen LogP contribution in [-0.4, -0.2) is 5.91 Å². The summed E-state index contributed by atoms with van der Waals surface area (Å²) < 4.78 is 1.12. The summed E-state index contributed by atoms with van der Waals surface area (Å²) in [6.45, 7) is 2.02. The van der Waals surface area contributed by atoms with Crippen LogP contribution in [0.5, 0.6) is 0 Å². The highest BCUT2D eigenvalue weighted by molar-refractivity contribution is 7.23. The van der Waals surface area contributed by atoms with Gasteiger partial charge in [-0.05, 0) is 30.7 Å². The van der Waals surface area contributed by atoms with E-state index < -0.39 is 0 Å². The van der Waals surface area contributed by atoms with Gasteiger partial charge in [0.15, 0.2) is 0 Å². The van der Waals surface area contributed by atoms with E-state index in [0.29, 0.717) is 0 Å². The summed E-state index contributed by atoms with van der Waals surface area (Å²) in [5, 5.41) is 8.30. The first kappa shape index (κ1) is 11.5. The van der Waals surface area contributed by atoms with Crippen molar-refractivity contribution in [3.63, 3.8) is 0 Å². The van der Waals surface area contributed by atoms with Gasteiger partial charge < -0.3 is 10.6 Å². The molecule has 0 radical (unpaired) electrons. The molecule has 1 aromatic heterocycles. The summed E-state index contributed by atoms with van der Waals surface area (Å²) in [6, 6.07) is 14.0. The number of hydrogen-bond acceptors (Lipinski definition) is 3. The Bertz CT molecular complexity index is 851. The molecule has 3 aromatic rings. The van der Waals surface area contributed by atoms with E-state index in [1.807, 2.05) is 49.4 Å². The van der Waals surface area contributed by atoms with Crippen molar-refractivity contribution >= 4 is 43.7 Å². The molecule has 1 aliphatic heterocycles. The van der Waals surface area contributed by atoms with Crippen molar-refractivity contribution in [2.45, 2.75) is 6.92 Å². The SMILES string of the molecule is Cc1ccc2c(c1)NC(=O)c1c(sc3ccccc13)N2. The lowest BCUT2D eigenvalue weighted by atomic mass is 10.1. The smallest absolute Gasteiger partial charge is 0.259 e. The van der Waals surface area contributed by atoms with E-state index >= 15 is 0 Å². The minimum Gasteiger partial charge on any atom is -0.345 e. The number of carbonyl (C=O) groups excluding carboxylic acids is 1. The Labute approximate surface area is 120 Å². The minimum atomic E-state index is -0.0469. The van der Waals surface area contributed by atoms with Crippen LogP contribution in [0.25, 0.3) is 10.1 Å². The first-order valence-electron chi connectivity index (χ1n) is 6.43. The third-order valence-corrected chi connectivity index (χ3v) is 4.58. The summed E-state index contributed by atoms with van der Waals surface area (Å²) in [7, 11) is 0. The van der Waals surface area contributed by atoms with Gasteiger partial charge in [-0.1, -0.05) is 24.3 Å². The fourth-order valence-corrected chi connectivity index (χ4v) is 3.65. The van der Waals surface area contributed by atoms with E-state index in [2.05, 4.69) is 10.6 Å². The molecule has 0 saturated carbocycles. The Morgan fingerprint density at radius 1 is 1.00 bits per heavy atom. The van der Waals surface area contributed by atoms with Gasteiger partial charge in [0.2, 0.25) is 0 Å². The monoisotopic (exact) mass is 280 g/mol. The number of benzene rings is 2. The third-order valence-electron chi connectivity index (χ3n) is 3.49. The molecular weight excluding hydrogens is 268 g/mol. The van der Waals surface area contributed by atoms with E-state index in [-0.39, 0.29) is 5.91 Å². The van der Waals surface area contributed by atoms with E-state index in [1.165, 1.54) is 0 Å². The number of anilines is 3. The van der Waals surface area contributed by atoms with Crippen LogP contribution in [0.1, 0.15) is 15.9 Å². The van der Waals surface area contributed by atoms with Gasteiger partial charge in [-0.3, -0.25) is 4.79 Å². The zero-order valence-corrected chi connectivity index (χ0v) is 11.7. The number of fused-ring (bicyclic) bond motifs is 4. The Morgan fingerprint density at radius 3 is 2.75 bits per heavy atom. The molecule has 20 heavy (non-hydrogen) atoms. The van der Waals surface area contributed by atoms with E-state index in [1.54, 1.807) is 11.3 Å². The van der Waals surface area contributed by atoms with Crippen LogP contribution in [0, 0.1) is 6.92 Å². The van der Waals surface area contributed by atoms with Gasteiger partial charge in [-0.2, -0.15) is 0 Å². The molecule has 3 nitrogen and oxygen atoms in total. The van der Waals surface area contributed by atoms with Crippen molar-refractivity contribution in [2.75, 3.05) is 10.6 Å². The van der Waals surface area contributed by atoms with Gasteiger partial charge in [0.1, 0.15) is 5.00 Å². The molecule has 2 N–H and O–H groups in total. The fourth-order valence-electron chi connectivity index (χ4n) is 2.54. The lowest BCUT2D eigenvalue weighted by molar-refractivity contribution is 0.103. The van der Waals surface area contributed by atoms with Crippen LogP contribution in [0.3, 0.4) is 0 Å². The van der Waals surface area contributed by atoms with Crippen LogP contribution in [0.4, 0.5) is 16.4 Å². The molecule has 0 saturated heterocycles. The summed E-state index contributed by atoms with van der Waals surface area (Å²) in [5.74, 6) is -0.0469. The summed E-state index contributed by atoms with van der Waals surface area (Å²) >= 11 is 1.61. The highest BCUT2D eigenvalue weighted by Crippen LogP contribution is 2.41. The molecule has 1 amide bonds. The van der Waals surface area contributed by atoms with Gasteiger partial charge in [0.25, 0.3) is 5.91 Å². The quantitative estimate of drug-likeness (QED) is 0.635. The average Bonchev–Trinajstić information content (AvgIpc) is 2.73. The van der Waals surface area contributed by atoms with Crippen molar-refractivity contribution in [2.24, 2.45) is 0 Å². The maximum Gasteiger partial charge on any atom is 0.259 e. The summed E-state index contributed by atoms with van der Waals surface area (Å²) in [6.07, 6.45) is 0. The number of nitrogens with one attached hydrogen (secondary N) is 2. The second kappa shape index (κ2) is 4.08. The maximum absolute atomic E-state index is 12.5. The molecule has 0 aliphatic carbocycles. The average molecular weight is 280 g/mol. The van der Waals surface area contributed by atoms with Crippen molar-refractivity contribution < 1.29 is 4.79 Å². The summed E-state index contributed by atoms with van der Waals surface area (Å²) in [4.78, 5) is 12.5. The lowest BCUT2D eigenvalue weighted by Gasteiger charge is -2.08. The normalized spacial score (nSPS) is 13.2. The van der Waals surface area contributed by atoms with E-state index in [4.69, 9.17) is 0 Å². The second-order valence-corrected chi connectivity index (χ2v) is 5.98. The van der Waals surface area contributed by atoms with Gasteiger partial charge in [-0.25, -0.2) is 0 Å². The highest BCUT2D eigenvalue weighted by Gasteiger charge is 2.23. The Hall–Kier alpha value is -2.33. The molecule has 0 atom stereocenters. The molecule has 0 spiro atoms. The first-order valence-corrected chi connectivity index (χ1v) is 7.24. The molecule has 4 heteroatoms. The minimum absolute atomic E-state index is 0.0469. The second-order valence-electron chi connectivity index (χ2n) is 4.93. The molecule has 2 heterocycles. The number of amides is 1. The molecule has 98 valence electrons. The molecule has 0 unspecified atom stereocenters. The predicted octanol–water partition coefficient (Wildman–Crippen LogP) is 4.52. The molecule has 1 aliphatic rings.